The maximum atomic E-state index is 12.3. The molecule has 100 valence electrons. The number of halogens is 1. The van der Waals surface area contributed by atoms with E-state index in [-0.39, 0.29) is 11.8 Å². The van der Waals surface area contributed by atoms with E-state index in [0.29, 0.717) is 16.9 Å². The molecule has 19 heavy (non-hydrogen) atoms. The summed E-state index contributed by atoms with van der Waals surface area (Å²) in [5.74, 6) is 1.35. The van der Waals surface area contributed by atoms with Gasteiger partial charge >= 0.3 is 0 Å². The smallest absolute Gasteiger partial charge is 0.228 e. The van der Waals surface area contributed by atoms with Gasteiger partial charge in [0.15, 0.2) is 0 Å². The van der Waals surface area contributed by atoms with Gasteiger partial charge in [-0.05, 0) is 55.4 Å². The Kier molecular flexibility index (Phi) is 3.61. The predicted octanol–water partition coefficient (Wildman–Crippen LogP) is 4.27. The van der Waals surface area contributed by atoms with Crippen LogP contribution in [0.2, 0.25) is 5.02 Å². The van der Waals surface area contributed by atoms with Gasteiger partial charge in [-0.3, -0.25) is 4.79 Å². The van der Waals surface area contributed by atoms with Gasteiger partial charge in [0.25, 0.3) is 0 Å². The van der Waals surface area contributed by atoms with Crippen LogP contribution in [0.3, 0.4) is 0 Å². The van der Waals surface area contributed by atoms with Crippen molar-refractivity contribution in [2.75, 3.05) is 5.32 Å². The van der Waals surface area contributed by atoms with Crippen molar-refractivity contribution >= 4 is 23.2 Å². The third-order valence-electron chi connectivity index (χ3n) is 4.16. The molecule has 0 heterocycles. The molecule has 1 aromatic carbocycles. The van der Waals surface area contributed by atoms with E-state index in [9.17, 15) is 4.79 Å². The molecule has 0 spiro atoms. The van der Waals surface area contributed by atoms with E-state index in [1.165, 1.54) is 19.3 Å². The Labute approximate surface area is 118 Å². The molecule has 2 aliphatic carbocycles. The van der Waals surface area contributed by atoms with Crippen LogP contribution in [-0.2, 0) is 4.79 Å². The molecule has 3 rings (SSSR count). The van der Waals surface area contributed by atoms with E-state index >= 15 is 0 Å². The highest BCUT2D eigenvalue weighted by Crippen LogP contribution is 2.51. The minimum atomic E-state index is 0.156. The molecule has 0 unspecified atom stereocenters. The largest absolute Gasteiger partial charge is 0.326 e. The second-order valence-electron chi connectivity index (χ2n) is 5.48. The lowest BCUT2D eigenvalue weighted by Crippen LogP contribution is -2.15. The molecule has 2 aliphatic rings. The first kappa shape index (κ1) is 12.7. The lowest BCUT2D eigenvalue weighted by molar-refractivity contribution is -0.117. The number of anilines is 1. The van der Waals surface area contributed by atoms with Crippen LogP contribution in [0.15, 0.2) is 36.4 Å². The van der Waals surface area contributed by atoms with E-state index < -0.39 is 0 Å². The molecule has 1 aromatic rings. The summed E-state index contributed by atoms with van der Waals surface area (Å²) >= 11 is 5.84. The number of allylic oxidation sites excluding steroid dienone is 2. The number of rotatable bonds is 2. The number of benzene rings is 1. The molecule has 0 aliphatic heterocycles. The topological polar surface area (TPSA) is 29.1 Å². The third kappa shape index (κ3) is 2.84. The Bertz CT molecular complexity index is 494. The molecule has 0 bridgehead atoms. The summed E-state index contributed by atoms with van der Waals surface area (Å²) in [5, 5.41) is 3.69. The van der Waals surface area contributed by atoms with Crippen molar-refractivity contribution in [1.29, 1.82) is 0 Å². The zero-order valence-electron chi connectivity index (χ0n) is 10.8. The fraction of sp³-hybridized carbons (Fsp3) is 0.438. The molecule has 3 atom stereocenters. The van der Waals surface area contributed by atoms with Gasteiger partial charge in [0.2, 0.25) is 5.91 Å². The summed E-state index contributed by atoms with van der Waals surface area (Å²) in [6.45, 7) is 0. The molecule has 0 radical (unpaired) electrons. The average Bonchev–Trinajstić information content (AvgIpc) is 3.03. The molecule has 3 heteroatoms. The SMILES string of the molecule is O=C(Nc1ccc(Cl)cc1)[C@@H]1[C@H]2C=CCCCC[C@H]21. The van der Waals surface area contributed by atoms with Crippen LogP contribution in [-0.4, -0.2) is 5.91 Å². The van der Waals surface area contributed by atoms with Gasteiger partial charge in [0, 0.05) is 16.6 Å². The number of amides is 1. The summed E-state index contributed by atoms with van der Waals surface area (Å²) in [7, 11) is 0. The Hall–Kier alpha value is -1.28. The van der Waals surface area contributed by atoms with Gasteiger partial charge in [-0.15, -0.1) is 0 Å². The van der Waals surface area contributed by atoms with E-state index in [1.54, 1.807) is 12.1 Å². The highest BCUT2D eigenvalue weighted by Gasteiger charge is 2.52. The van der Waals surface area contributed by atoms with Gasteiger partial charge in [-0.2, -0.15) is 0 Å². The molecule has 0 aromatic heterocycles. The van der Waals surface area contributed by atoms with Crippen molar-refractivity contribution in [1.82, 2.24) is 0 Å². The summed E-state index contributed by atoms with van der Waals surface area (Å²) in [4.78, 5) is 12.3. The van der Waals surface area contributed by atoms with E-state index in [0.717, 1.165) is 12.1 Å². The van der Waals surface area contributed by atoms with Crippen molar-refractivity contribution in [3.8, 4) is 0 Å². The normalized spacial score (nSPS) is 29.0. The quantitative estimate of drug-likeness (QED) is 0.803. The summed E-state index contributed by atoms with van der Waals surface area (Å²) in [6.07, 6.45) is 9.34. The maximum Gasteiger partial charge on any atom is 0.228 e. The zero-order valence-corrected chi connectivity index (χ0v) is 11.6. The van der Waals surface area contributed by atoms with Crippen molar-refractivity contribution in [3.63, 3.8) is 0 Å². The molecule has 1 fully saturated rings. The minimum absolute atomic E-state index is 0.156. The van der Waals surface area contributed by atoms with Crippen LogP contribution in [0.5, 0.6) is 0 Å². The molecular weight excluding hydrogens is 258 g/mol. The average molecular weight is 276 g/mol. The lowest BCUT2D eigenvalue weighted by Gasteiger charge is -2.04. The van der Waals surface area contributed by atoms with Crippen LogP contribution >= 0.6 is 11.6 Å². The minimum Gasteiger partial charge on any atom is -0.326 e. The summed E-state index contributed by atoms with van der Waals surface area (Å²) in [6, 6.07) is 7.29. The van der Waals surface area contributed by atoms with E-state index in [4.69, 9.17) is 11.6 Å². The standard InChI is InChI=1S/C16H18ClNO/c17-11-7-9-12(10-8-11)18-16(19)15-13-5-3-1-2-4-6-14(13)15/h3,5,7-10,13-15H,1-2,4,6H2,(H,18,19)/t13-,14+,15+/m0/s1. The van der Waals surface area contributed by atoms with E-state index in [1.807, 2.05) is 12.1 Å². The molecule has 1 N–H and O–H groups in total. The molecule has 1 saturated carbocycles. The Morgan fingerprint density at radius 3 is 2.79 bits per heavy atom. The number of carbonyl (C=O) groups is 1. The van der Waals surface area contributed by atoms with Crippen LogP contribution in [0, 0.1) is 17.8 Å². The van der Waals surface area contributed by atoms with Crippen molar-refractivity contribution in [2.45, 2.75) is 25.7 Å². The van der Waals surface area contributed by atoms with Crippen molar-refractivity contribution in [2.24, 2.45) is 17.8 Å². The first-order valence-electron chi connectivity index (χ1n) is 6.99. The van der Waals surface area contributed by atoms with E-state index in [2.05, 4.69) is 17.5 Å². The third-order valence-corrected chi connectivity index (χ3v) is 4.41. The molecule has 1 amide bonds. The summed E-state index contributed by atoms with van der Waals surface area (Å²) in [5.41, 5.74) is 0.831. The van der Waals surface area contributed by atoms with Crippen LogP contribution in [0.25, 0.3) is 0 Å². The van der Waals surface area contributed by atoms with Crippen molar-refractivity contribution < 1.29 is 4.79 Å². The Morgan fingerprint density at radius 2 is 2.00 bits per heavy atom. The van der Waals surface area contributed by atoms with Gasteiger partial charge < -0.3 is 5.32 Å². The first-order chi connectivity index (χ1) is 9.25. The van der Waals surface area contributed by atoms with Crippen molar-refractivity contribution in [3.05, 3.63) is 41.4 Å². The number of fused-ring (bicyclic) bond motifs is 1. The van der Waals surface area contributed by atoms with Gasteiger partial charge in [-0.25, -0.2) is 0 Å². The monoisotopic (exact) mass is 275 g/mol. The van der Waals surface area contributed by atoms with Crippen LogP contribution < -0.4 is 5.32 Å². The number of carbonyl (C=O) groups excluding carboxylic acids is 1. The fourth-order valence-corrected chi connectivity index (χ4v) is 3.18. The molecule has 2 nitrogen and oxygen atoms in total. The molecular formula is C16H18ClNO. The predicted molar refractivity (Wildman–Crippen MR) is 78.2 cm³/mol. The second kappa shape index (κ2) is 5.38. The first-order valence-corrected chi connectivity index (χ1v) is 7.36. The van der Waals surface area contributed by atoms with Gasteiger partial charge in [-0.1, -0.05) is 30.2 Å². The number of hydrogen-bond donors (Lipinski definition) is 1. The maximum absolute atomic E-state index is 12.3. The number of hydrogen-bond acceptors (Lipinski definition) is 1. The highest BCUT2D eigenvalue weighted by atomic mass is 35.5. The Morgan fingerprint density at radius 1 is 1.21 bits per heavy atom. The number of nitrogens with one attached hydrogen (secondary N) is 1. The summed E-state index contributed by atoms with van der Waals surface area (Å²) < 4.78 is 0. The second-order valence-corrected chi connectivity index (χ2v) is 5.91. The van der Waals surface area contributed by atoms with Crippen LogP contribution in [0.4, 0.5) is 5.69 Å². The zero-order chi connectivity index (χ0) is 13.2. The van der Waals surface area contributed by atoms with Crippen LogP contribution in [0.1, 0.15) is 25.7 Å². The Balaban J connectivity index is 1.64. The fourth-order valence-electron chi connectivity index (χ4n) is 3.06. The van der Waals surface area contributed by atoms with Gasteiger partial charge in [0.05, 0.1) is 0 Å². The highest BCUT2D eigenvalue weighted by molar-refractivity contribution is 6.30. The molecule has 0 saturated heterocycles. The lowest BCUT2D eigenvalue weighted by atomic mass is 10.1. The van der Waals surface area contributed by atoms with Gasteiger partial charge in [0.1, 0.15) is 0 Å².